The lowest BCUT2D eigenvalue weighted by Crippen LogP contribution is -2.09. The first kappa shape index (κ1) is 73.9. The Bertz CT molecular complexity index is 6450. The van der Waals surface area contributed by atoms with Gasteiger partial charge in [-0.3, -0.25) is 0 Å². The summed E-state index contributed by atoms with van der Waals surface area (Å²) < 4.78 is 6.05. The van der Waals surface area contributed by atoms with Gasteiger partial charge in [0, 0.05) is 60.4 Å². The van der Waals surface area contributed by atoms with Gasteiger partial charge >= 0.3 is 0 Å². The van der Waals surface area contributed by atoms with Gasteiger partial charge in [-0.05, 0) is 205 Å². The summed E-state index contributed by atoms with van der Waals surface area (Å²) in [4.78, 5) is 2.32. The van der Waals surface area contributed by atoms with Crippen LogP contribution in [0.2, 0.25) is 0 Å². The molecule has 4 heteroatoms. The zero-order chi connectivity index (χ0) is 77.7. The van der Waals surface area contributed by atoms with Crippen LogP contribution < -0.4 is 4.90 Å². The van der Waals surface area contributed by atoms with Gasteiger partial charge in [-0.25, -0.2) is 0 Å². The van der Waals surface area contributed by atoms with Crippen LogP contribution in [0.25, 0.3) is 127 Å². The number of nitrogens with zero attached hydrogens (tertiary/aromatic N) is 3. The van der Waals surface area contributed by atoms with Gasteiger partial charge in [-0.15, -0.1) is 0 Å². The molecule has 2 heterocycles. The van der Waals surface area contributed by atoms with Crippen molar-refractivity contribution >= 4 is 87.9 Å². The van der Waals surface area contributed by atoms with Crippen LogP contribution in [0.5, 0.6) is 0 Å². The molecule has 19 aromatic rings. The highest BCUT2D eigenvalue weighted by Gasteiger charge is 2.25. The maximum Gasteiger partial charge on any atom is 0.0547 e. The molecule has 1 unspecified atom stereocenters. The molecule has 0 bridgehead atoms. The monoisotopic (exact) mass is 1540 g/mol. The van der Waals surface area contributed by atoms with E-state index in [1.165, 1.54) is 144 Å². The summed E-state index contributed by atoms with van der Waals surface area (Å²) >= 11 is 3.68. The number of hydrogen-bond donors (Lipinski definition) is 0. The molecule has 3 nitrogen and oxygen atoms in total. The number of para-hydroxylation sites is 4. The molecule has 1 aliphatic rings. The van der Waals surface area contributed by atoms with Gasteiger partial charge in [-0.1, -0.05) is 388 Å². The van der Waals surface area contributed by atoms with E-state index in [0.29, 0.717) is 0 Å². The van der Waals surface area contributed by atoms with Crippen LogP contribution in [0, 0.1) is 0 Å². The zero-order valence-corrected chi connectivity index (χ0v) is 66.1. The number of anilines is 3. The van der Waals surface area contributed by atoms with Gasteiger partial charge in [0.25, 0.3) is 0 Å². The largest absolute Gasteiger partial charge is 0.313 e. The number of allylic oxidation sites excluding steroid dienone is 4. The third kappa shape index (κ3) is 16.2. The lowest BCUT2D eigenvalue weighted by atomic mass is 9.85. The molecule has 115 heavy (non-hydrogen) atoms. The maximum atomic E-state index is 3.68. The van der Waals surface area contributed by atoms with E-state index < -0.39 is 0 Å². The Hall–Kier alpha value is -13.9. The molecule has 552 valence electrons. The summed E-state index contributed by atoms with van der Waals surface area (Å²) in [6, 6.07) is 159. The van der Waals surface area contributed by atoms with Crippen molar-refractivity contribution in [1.82, 2.24) is 9.13 Å². The van der Waals surface area contributed by atoms with E-state index in [0.717, 1.165) is 40.1 Å². The van der Waals surface area contributed by atoms with Crippen LogP contribution in [0.4, 0.5) is 17.1 Å². The lowest BCUT2D eigenvalue weighted by molar-refractivity contribution is 0.840. The average molecular weight is 1540 g/mol. The molecule has 0 radical (unpaired) electrons. The van der Waals surface area contributed by atoms with Crippen molar-refractivity contribution in [3.63, 3.8) is 0 Å². The van der Waals surface area contributed by atoms with E-state index in [1.807, 2.05) is 13.8 Å². The quantitative estimate of drug-likeness (QED) is 0.0997. The maximum absolute atomic E-state index is 3.68. The normalized spacial score (nSPS) is 12.3. The number of aromatic nitrogens is 2. The van der Waals surface area contributed by atoms with Gasteiger partial charge in [0.2, 0.25) is 0 Å². The number of halogens is 1. The molecule has 20 rings (SSSR count). The van der Waals surface area contributed by atoms with Crippen LogP contribution in [-0.2, 0) is 6.42 Å². The average Bonchev–Trinajstić information content (AvgIpc) is 1.60. The highest BCUT2D eigenvalue weighted by molar-refractivity contribution is 9.10. The first-order chi connectivity index (χ1) is 57.0. The summed E-state index contributed by atoms with van der Waals surface area (Å²) in [7, 11) is 0. The minimum absolute atomic E-state index is 0.281. The smallest absolute Gasteiger partial charge is 0.0547 e. The molecule has 0 aliphatic heterocycles. The Labute approximate surface area is 683 Å². The molecule has 0 fully saturated rings. The second kappa shape index (κ2) is 34.8. The minimum Gasteiger partial charge on any atom is -0.313 e. The third-order valence-electron chi connectivity index (χ3n) is 21.6. The SMILES string of the molecule is Brc1cccc(-c2ccccc2-c2ccc3c4ccccc4n(C4=CC(c5ccccc5)=CC(c5ccccc5)C4)c3c2)c1.CC.c1ccc(-c2cc(-c3ccccc3)cc(-n3c4ccccc4c4ccc(-c5ccccc5-c5cccc(N(c6ccccc6)c6ccccc6)c5)cc43)c2)cc1.c1ccc(Cc2ccccc2)cc1. The van der Waals surface area contributed by atoms with Crippen molar-refractivity contribution in [3.05, 3.63) is 482 Å². The Balaban J connectivity index is 0.000000143. The van der Waals surface area contributed by atoms with E-state index in [1.54, 1.807) is 0 Å². The number of benzene rings is 17. The van der Waals surface area contributed by atoms with Crippen LogP contribution in [0.1, 0.15) is 48.4 Å². The van der Waals surface area contributed by atoms with E-state index in [-0.39, 0.29) is 5.92 Å². The summed E-state index contributed by atoms with van der Waals surface area (Å²) in [6.07, 6.45) is 6.80. The molecule has 2 aromatic heterocycles. The molecule has 1 atom stereocenters. The second-order valence-corrected chi connectivity index (χ2v) is 29.7. The van der Waals surface area contributed by atoms with Crippen LogP contribution >= 0.6 is 15.9 Å². The highest BCUT2D eigenvalue weighted by Crippen LogP contribution is 2.46. The Morgan fingerprint density at radius 2 is 0.643 bits per heavy atom. The number of fused-ring (bicyclic) bond motifs is 6. The predicted molar refractivity (Wildman–Crippen MR) is 495 cm³/mol. The molecule has 0 N–H and O–H groups in total. The molecule has 0 saturated heterocycles. The molecule has 0 saturated carbocycles. The predicted octanol–water partition coefficient (Wildman–Crippen LogP) is 31.2. The summed E-state index contributed by atoms with van der Waals surface area (Å²) in [6.45, 7) is 4.00. The van der Waals surface area contributed by atoms with Crippen molar-refractivity contribution in [2.24, 2.45) is 0 Å². The van der Waals surface area contributed by atoms with Crippen molar-refractivity contribution in [1.29, 1.82) is 0 Å². The van der Waals surface area contributed by atoms with Crippen LogP contribution in [0.15, 0.2) is 459 Å². The van der Waals surface area contributed by atoms with Crippen molar-refractivity contribution < 1.29 is 0 Å². The molecule has 0 spiro atoms. The van der Waals surface area contributed by atoms with E-state index in [9.17, 15) is 0 Å². The van der Waals surface area contributed by atoms with Gasteiger partial charge in [0.1, 0.15) is 0 Å². The fraction of sp³-hybridized carbons (Fsp3) is 0.0450. The van der Waals surface area contributed by atoms with E-state index >= 15 is 0 Å². The highest BCUT2D eigenvalue weighted by atomic mass is 79.9. The minimum atomic E-state index is 0.281. The zero-order valence-electron chi connectivity index (χ0n) is 64.5. The summed E-state index contributed by atoms with van der Waals surface area (Å²) in [5, 5.41) is 5.03. The van der Waals surface area contributed by atoms with E-state index in [4.69, 9.17) is 0 Å². The van der Waals surface area contributed by atoms with Gasteiger partial charge < -0.3 is 14.0 Å². The van der Waals surface area contributed by atoms with Gasteiger partial charge in [0.15, 0.2) is 0 Å². The fourth-order valence-corrected chi connectivity index (χ4v) is 16.7. The summed E-state index contributed by atoms with van der Waals surface area (Å²) in [5.41, 5.74) is 31.6. The number of hydrogen-bond acceptors (Lipinski definition) is 1. The standard InChI is InChI=1S/C54H38N2.C42H30BrN.C13H12.C2H6/c1-5-18-39(19-6-1)43-34-44(40-20-7-2-8-21-40)37-48(36-43)56-53-31-16-15-30-51(53)52-33-32-42(38-54(52)56)50-29-14-13-28-49(50)41-22-17-27-47(35-41)55(45-23-9-3-10-24-45)46-25-11-4-12-26-46;43-35-17-11-16-31(25-35)37-18-7-8-19-38(37)32-22-23-40-39-20-9-10-21-41(39)44(42(40)28-32)36-26-33(29-12-3-1-4-13-29)24-34(27-36)30-14-5-2-6-15-30;1-3-7-12(8-4-1)11-13-9-5-2-6-10-13;1-2/h1-38H;1-26,28,34H,27H2;1-10H,11H2;1-2H3. The fourth-order valence-electron chi connectivity index (χ4n) is 16.3. The van der Waals surface area contributed by atoms with Crippen molar-refractivity contribution in [2.45, 2.75) is 32.6 Å². The first-order valence-electron chi connectivity index (χ1n) is 39.9. The second-order valence-electron chi connectivity index (χ2n) is 28.8. The molecule has 1 aliphatic carbocycles. The van der Waals surface area contributed by atoms with Crippen LogP contribution in [0.3, 0.4) is 0 Å². The topological polar surface area (TPSA) is 13.1 Å². The van der Waals surface area contributed by atoms with Crippen molar-refractivity contribution in [3.8, 4) is 72.4 Å². The summed E-state index contributed by atoms with van der Waals surface area (Å²) in [5.74, 6) is 0.281. The first-order valence-corrected chi connectivity index (χ1v) is 40.6. The molecule has 17 aromatic carbocycles. The number of rotatable bonds is 15. The molecular weight excluding hydrogens is 1460 g/mol. The Kier molecular flexibility index (Phi) is 22.3. The Morgan fingerprint density at radius 3 is 1.13 bits per heavy atom. The van der Waals surface area contributed by atoms with Crippen molar-refractivity contribution in [2.75, 3.05) is 4.90 Å². The van der Waals surface area contributed by atoms with Gasteiger partial charge in [0.05, 0.1) is 22.1 Å². The third-order valence-corrected chi connectivity index (χ3v) is 22.1. The molecular formula is C111H86BrN3. The van der Waals surface area contributed by atoms with Gasteiger partial charge in [-0.2, -0.15) is 0 Å². The molecule has 0 amide bonds. The van der Waals surface area contributed by atoms with E-state index in [2.05, 4.69) is 485 Å². The van der Waals surface area contributed by atoms with Crippen LogP contribution in [-0.4, -0.2) is 9.13 Å². The Morgan fingerprint density at radius 1 is 0.278 bits per heavy atom. The lowest BCUT2D eigenvalue weighted by Gasteiger charge is -2.26.